The van der Waals surface area contributed by atoms with E-state index in [1.54, 1.807) is 12.4 Å². The molecule has 0 radical (unpaired) electrons. The van der Waals surface area contributed by atoms with Crippen molar-refractivity contribution in [2.24, 2.45) is 0 Å². The lowest BCUT2D eigenvalue weighted by Gasteiger charge is -2.30. The summed E-state index contributed by atoms with van der Waals surface area (Å²) in [6.45, 7) is 1.01. The van der Waals surface area contributed by atoms with Crippen molar-refractivity contribution in [3.05, 3.63) is 41.7 Å². The highest BCUT2D eigenvalue weighted by Crippen LogP contribution is 2.32. The second kappa shape index (κ2) is 9.14. The molecule has 2 aromatic heterocycles. The second-order valence-corrected chi connectivity index (χ2v) is 10.1. The van der Waals surface area contributed by atoms with Gasteiger partial charge in [-0.1, -0.05) is 17.7 Å². The zero-order chi connectivity index (χ0) is 22.9. The Morgan fingerprint density at radius 1 is 1.25 bits per heavy atom. The summed E-state index contributed by atoms with van der Waals surface area (Å²) in [5.74, 6) is 0.304. The lowest BCUT2D eigenvalue weighted by atomic mass is 10.1. The molecule has 1 aliphatic heterocycles. The number of sulfonamides is 1. The molecular formula is C21H24ClN5O4S. The molecule has 32 heavy (non-hydrogen) atoms. The molecule has 0 aliphatic carbocycles. The fourth-order valence-corrected chi connectivity index (χ4v) is 4.68. The van der Waals surface area contributed by atoms with Crippen LogP contribution in [0.3, 0.4) is 0 Å². The Balaban J connectivity index is 1.62. The van der Waals surface area contributed by atoms with Gasteiger partial charge >= 0.3 is 0 Å². The standard InChI is InChI=1S/C21H24ClN5O4S/c1-26(2)19-5-4-14(10-16(19)22)17-11-18-20(24-7-6-23-18)21(25-17)31-13-15-12-27(8-9-30-15)32(3,28)29/h4-7,10-11,15H,8-9,12-13H2,1-3H3/t15-/m0/s1. The summed E-state index contributed by atoms with van der Waals surface area (Å²) in [7, 11) is 0.562. The summed E-state index contributed by atoms with van der Waals surface area (Å²) in [6, 6.07) is 7.54. The van der Waals surface area contributed by atoms with Gasteiger partial charge in [0.2, 0.25) is 15.9 Å². The number of aromatic nitrogens is 3. The summed E-state index contributed by atoms with van der Waals surface area (Å²) < 4.78 is 36.8. The van der Waals surface area contributed by atoms with Crippen LogP contribution in [-0.2, 0) is 14.8 Å². The highest BCUT2D eigenvalue weighted by molar-refractivity contribution is 7.88. The molecule has 170 valence electrons. The van der Waals surface area contributed by atoms with Crippen LogP contribution in [0.2, 0.25) is 5.02 Å². The number of benzene rings is 1. The first kappa shape index (κ1) is 22.7. The van der Waals surface area contributed by atoms with Crippen LogP contribution in [0.4, 0.5) is 5.69 Å². The van der Waals surface area contributed by atoms with Crippen LogP contribution in [0.1, 0.15) is 0 Å². The van der Waals surface area contributed by atoms with Crippen LogP contribution in [0, 0.1) is 0 Å². The fourth-order valence-electron chi connectivity index (χ4n) is 3.49. The minimum atomic E-state index is -3.29. The van der Waals surface area contributed by atoms with Gasteiger partial charge in [-0.3, -0.25) is 4.98 Å². The normalized spacial score (nSPS) is 17.4. The number of ether oxygens (including phenoxy) is 2. The monoisotopic (exact) mass is 477 g/mol. The van der Waals surface area contributed by atoms with Crippen molar-refractivity contribution in [2.75, 3.05) is 51.6 Å². The summed E-state index contributed by atoms with van der Waals surface area (Å²) in [5, 5.41) is 0.604. The number of rotatable bonds is 6. The molecule has 9 nitrogen and oxygen atoms in total. The van der Waals surface area contributed by atoms with Crippen LogP contribution in [0.5, 0.6) is 5.88 Å². The molecule has 1 atom stereocenters. The van der Waals surface area contributed by atoms with Crippen LogP contribution < -0.4 is 9.64 Å². The van der Waals surface area contributed by atoms with Crippen LogP contribution in [-0.4, -0.2) is 80.4 Å². The quantitative estimate of drug-likeness (QED) is 0.534. The van der Waals surface area contributed by atoms with E-state index in [0.29, 0.717) is 40.8 Å². The van der Waals surface area contributed by atoms with E-state index < -0.39 is 16.1 Å². The van der Waals surface area contributed by atoms with Gasteiger partial charge in [-0.25, -0.2) is 18.4 Å². The molecule has 4 rings (SSSR count). The minimum absolute atomic E-state index is 0.133. The topological polar surface area (TPSA) is 97.8 Å². The molecule has 3 aromatic rings. The number of fused-ring (bicyclic) bond motifs is 1. The Hall–Kier alpha value is -2.53. The third kappa shape index (κ3) is 4.93. The van der Waals surface area contributed by atoms with Crippen molar-refractivity contribution in [2.45, 2.75) is 6.10 Å². The highest BCUT2D eigenvalue weighted by atomic mass is 35.5. The fraction of sp³-hybridized carbons (Fsp3) is 0.381. The van der Waals surface area contributed by atoms with Crippen molar-refractivity contribution in [1.29, 1.82) is 0 Å². The Labute approximate surface area is 192 Å². The molecule has 0 amide bonds. The minimum Gasteiger partial charge on any atom is -0.473 e. The second-order valence-electron chi connectivity index (χ2n) is 7.72. The van der Waals surface area contributed by atoms with Gasteiger partial charge in [-0.2, -0.15) is 4.31 Å². The van der Waals surface area contributed by atoms with Crippen molar-refractivity contribution >= 4 is 38.3 Å². The summed E-state index contributed by atoms with van der Waals surface area (Å²) in [6.07, 6.45) is 3.95. The maximum atomic E-state index is 11.9. The van der Waals surface area contributed by atoms with E-state index in [4.69, 9.17) is 21.1 Å². The largest absolute Gasteiger partial charge is 0.473 e. The molecule has 3 heterocycles. The number of anilines is 1. The predicted octanol–water partition coefficient (Wildman–Crippen LogP) is 2.45. The predicted molar refractivity (Wildman–Crippen MR) is 124 cm³/mol. The van der Waals surface area contributed by atoms with E-state index in [0.717, 1.165) is 11.3 Å². The van der Waals surface area contributed by atoms with Crippen LogP contribution in [0.15, 0.2) is 36.7 Å². The summed E-state index contributed by atoms with van der Waals surface area (Å²) >= 11 is 6.45. The molecule has 1 fully saturated rings. The molecule has 0 bridgehead atoms. The maximum absolute atomic E-state index is 11.9. The lowest BCUT2D eigenvalue weighted by molar-refractivity contribution is -0.0252. The van der Waals surface area contributed by atoms with Crippen molar-refractivity contribution in [3.63, 3.8) is 0 Å². The number of nitrogens with zero attached hydrogens (tertiary/aromatic N) is 5. The van der Waals surface area contributed by atoms with Crippen LogP contribution >= 0.6 is 11.6 Å². The number of halogens is 1. The van der Waals surface area contributed by atoms with Gasteiger partial charge in [0.15, 0.2) is 5.52 Å². The first-order chi connectivity index (χ1) is 15.2. The molecule has 0 N–H and O–H groups in total. The molecular weight excluding hydrogens is 454 g/mol. The van der Waals surface area contributed by atoms with Crippen molar-refractivity contribution in [3.8, 4) is 17.1 Å². The Morgan fingerprint density at radius 2 is 2.03 bits per heavy atom. The van der Waals surface area contributed by atoms with Gasteiger partial charge in [0.25, 0.3) is 0 Å². The lowest BCUT2D eigenvalue weighted by Crippen LogP contribution is -2.47. The average Bonchev–Trinajstić information content (AvgIpc) is 2.76. The molecule has 11 heteroatoms. The van der Waals surface area contributed by atoms with Gasteiger partial charge in [-0.15, -0.1) is 0 Å². The van der Waals surface area contributed by atoms with Gasteiger partial charge in [0.05, 0.1) is 34.8 Å². The molecule has 1 saturated heterocycles. The SMILES string of the molecule is CN(C)c1ccc(-c2cc3nccnc3c(OC[C@@H]3CN(S(C)(=O)=O)CCO3)n2)cc1Cl. The molecule has 0 spiro atoms. The van der Waals surface area contributed by atoms with E-state index in [1.807, 2.05) is 43.3 Å². The Bertz CT molecular complexity index is 1240. The number of hydrogen-bond donors (Lipinski definition) is 0. The summed E-state index contributed by atoms with van der Waals surface area (Å²) in [4.78, 5) is 15.3. The van der Waals surface area contributed by atoms with Crippen LogP contribution in [0.25, 0.3) is 22.3 Å². The number of pyridine rings is 1. The first-order valence-electron chi connectivity index (χ1n) is 10.0. The van der Waals surface area contributed by atoms with Crippen molar-refractivity contribution < 1.29 is 17.9 Å². The number of hydrogen-bond acceptors (Lipinski definition) is 8. The average molecular weight is 478 g/mol. The zero-order valence-corrected chi connectivity index (χ0v) is 19.6. The first-order valence-corrected chi connectivity index (χ1v) is 12.2. The Morgan fingerprint density at radius 3 is 2.75 bits per heavy atom. The smallest absolute Gasteiger partial charge is 0.242 e. The van der Waals surface area contributed by atoms with Gasteiger partial charge < -0.3 is 14.4 Å². The molecule has 1 aromatic carbocycles. The number of morpholine rings is 1. The highest BCUT2D eigenvalue weighted by Gasteiger charge is 2.27. The molecule has 1 aliphatic rings. The van der Waals surface area contributed by atoms with Gasteiger partial charge in [0, 0.05) is 45.1 Å². The van der Waals surface area contributed by atoms with E-state index in [9.17, 15) is 8.42 Å². The third-order valence-corrected chi connectivity index (χ3v) is 6.70. The molecule has 0 unspecified atom stereocenters. The zero-order valence-electron chi connectivity index (χ0n) is 18.0. The van der Waals surface area contributed by atoms with E-state index >= 15 is 0 Å². The molecule has 0 saturated carbocycles. The van der Waals surface area contributed by atoms with E-state index in [2.05, 4.69) is 15.0 Å². The Kier molecular flexibility index (Phi) is 6.47. The third-order valence-electron chi connectivity index (χ3n) is 5.13. The van der Waals surface area contributed by atoms with E-state index in [1.165, 1.54) is 10.6 Å². The van der Waals surface area contributed by atoms with Gasteiger partial charge in [-0.05, 0) is 18.2 Å². The van der Waals surface area contributed by atoms with Gasteiger partial charge in [0.1, 0.15) is 12.7 Å². The summed E-state index contributed by atoms with van der Waals surface area (Å²) in [5.41, 5.74) is 3.50. The van der Waals surface area contributed by atoms with E-state index in [-0.39, 0.29) is 13.2 Å². The maximum Gasteiger partial charge on any atom is 0.242 e. The van der Waals surface area contributed by atoms with Crippen molar-refractivity contribution in [1.82, 2.24) is 19.3 Å².